The SMILES string of the molecule is COCC(=O)Nc1c(C(=O)OC)n(CCC(C)C)c2ncc(NC(C)C)cc12. The summed E-state index contributed by atoms with van der Waals surface area (Å²) in [5.74, 6) is -0.429. The molecule has 2 aromatic heterocycles. The fraction of sp³-hybridized carbons (Fsp3) is 0.550. The molecule has 2 rings (SSSR count). The van der Waals surface area contributed by atoms with Crippen molar-refractivity contribution in [3.8, 4) is 0 Å². The Morgan fingerprint density at radius 2 is 1.93 bits per heavy atom. The van der Waals surface area contributed by atoms with Crippen molar-refractivity contribution < 1.29 is 19.1 Å². The van der Waals surface area contributed by atoms with Crippen LogP contribution in [0.4, 0.5) is 11.4 Å². The van der Waals surface area contributed by atoms with Gasteiger partial charge in [-0.3, -0.25) is 4.79 Å². The quantitative estimate of drug-likeness (QED) is 0.638. The van der Waals surface area contributed by atoms with E-state index >= 15 is 0 Å². The van der Waals surface area contributed by atoms with Gasteiger partial charge in [0.15, 0.2) is 5.69 Å². The Balaban J connectivity index is 2.68. The number of carbonyl (C=O) groups excluding carboxylic acids is 2. The van der Waals surface area contributed by atoms with E-state index in [-0.39, 0.29) is 24.2 Å². The van der Waals surface area contributed by atoms with Gasteiger partial charge in [-0.1, -0.05) is 13.8 Å². The summed E-state index contributed by atoms with van der Waals surface area (Å²) in [6, 6.07) is 2.11. The summed E-state index contributed by atoms with van der Waals surface area (Å²) in [4.78, 5) is 29.4. The topological polar surface area (TPSA) is 94.5 Å². The first kappa shape index (κ1) is 21.7. The van der Waals surface area contributed by atoms with Gasteiger partial charge in [0, 0.05) is 25.1 Å². The molecule has 8 heteroatoms. The number of pyridine rings is 1. The van der Waals surface area contributed by atoms with E-state index in [4.69, 9.17) is 9.47 Å². The van der Waals surface area contributed by atoms with E-state index in [0.29, 0.717) is 29.2 Å². The largest absolute Gasteiger partial charge is 0.464 e. The second-order valence-corrected chi connectivity index (χ2v) is 7.42. The van der Waals surface area contributed by atoms with Crippen LogP contribution in [0.15, 0.2) is 12.3 Å². The van der Waals surface area contributed by atoms with Crippen LogP contribution in [0.3, 0.4) is 0 Å². The van der Waals surface area contributed by atoms with Gasteiger partial charge in [0.05, 0.1) is 24.7 Å². The molecule has 0 unspecified atom stereocenters. The standard InChI is InChI=1S/C20H30N4O4/c1-12(2)7-8-24-18(20(26)28-6)17(23-16(25)11-27-5)15-9-14(22-13(3)4)10-21-19(15)24/h9-10,12-13,22H,7-8,11H2,1-6H3,(H,23,25). The van der Waals surface area contributed by atoms with Gasteiger partial charge in [-0.2, -0.15) is 0 Å². The minimum Gasteiger partial charge on any atom is -0.464 e. The summed E-state index contributed by atoms with van der Waals surface area (Å²) in [6.07, 6.45) is 2.59. The second-order valence-electron chi connectivity index (χ2n) is 7.42. The van der Waals surface area contributed by atoms with Gasteiger partial charge in [0.1, 0.15) is 12.3 Å². The third kappa shape index (κ3) is 5.01. The lowest BCUT2D eigenvalue weighted by Gasteiger charge is -2.12. The molecule has 28 heavy (non-hydrogen) atoms. The minimum atomic E-state index is -0.521. The molecule has 0 radical (unpaired) electrons. The van der Waals surface area contributed by atoms with Gasteiger partial charge < -0.3 is 24.7 Å². The van der Waals surface area contributed by atoms with Gasteiger partial charge in [-0.15, -0.1) is 0 Å². The Bertz CT molecular complexity index is 842. The van der Waals surface area contributed by atoms with Crippen molar-refractivity contribution in [3.63, 3.8) is 0 Å². The number of hydrogen-bond donors (Lipinski definition) is 2. The Morgan fingerprint density at radius 1 is 1.21 bits per heavy atom. The number of hydrogen-bond acceptors (Lipinski definition) is 6. The van der Waals surface area contributed by atoms with Crippen LogP contribution in [0, 0.1) is 5.92 Å². The molecule has 0 aliphatic carbocycles. The molecule has 0 saturated carbocycles. The van der Waals surface area contributed by atoms with Crippen LogP contribution in [-0.2, 0) is 20.8 Å². The van der Waals surface area contributed by atoms with Crippen LogP contribution in [0.2, 0.25) is 0 Å². The zero-order valence-corrected chi connectivity index (χ0v) is 17.5. The molecule has 0 bridgehead atoms. The number of nitrogens with one attached hydrogen (secondary N) is 2. The van der Waals surface area contributed by atoms with Gasteiger partial charge in [-0.05, 0) is 32.3 Å². The van der Waals surface area contributed by atoms with E-state index in [2.05, 4.69) is 29.5 Å². The van der Waals surface area contributed by atoms with E-state index in [1.165, 1.54) is 14.2 Å². The van der Waals surface area contributed by atoms with E-state index in [1.807, 2.05) is 24.5 Å². The molecule has 0 aliphatic heterocycles. The van der Waals surface area contributed by atoms with Crippen molar-refractivity contribution in [1.82, 2.24) is 9.55 Å². The summed E-state index contributed by atoms with van der Waals surface area (Å²) >= 11 is 0. The molecule has 154 valence electrons. The maximum Gasteiger partial charge on any atom is 0.356 e. The molecule has 2 aromatic rings. The molecule has 2 heterocycles. The van der Waals surface area contributed by atoms with Crippen LogP contribution >= 0.6 is 0 Å². The summed E-state index contributed by atoms with van der Waals surface area (Å²) in [6.45, 7) is 8.75. The monoisotopic (exact) mass is 390 g/mol. The molecular weight excluding hydrogens is 360 g/mol. The molecule has 0 aromatic carbocycles. The molecule has 2 N–H and O–H groups in total. The second kappa shape index (κ2) is 9.54. The highest BCUT2D eigenvalue weighted by molar-refractivity contribution is 6.11. The van der Waals surface area contributed by atoms with Crippen molar-refractivity contribution in [2.45, 2.75) is 46.7 Å². The summed E-state index contributed by atoms with van der Waals surface area (Å²) in [5, 5.41) is 6.78. The predicted molar refractivity (Wildman–Crippen MR) is 110 cm³/mol. The molecule has 0 atom stereocenters. The normalized spacial score (nSPS) is 11.3. The van der Waals surface area contributed by atoms with E-state index in [1.54, 1.807) is 6.20 Å². The fourth-order valence-corrected chi connectivity index (χ4v) is 2.98. The number of methoxy groups -OCH3 is 2. The predicted octanol–water partition coefficient (Wildman–Crippen LogP) is 3.27. The maximum absolute atomic E-state index is 12.6. The Morgan fingerprint density at radius 3 is 2.50 bits per heavy atom. The molecule has 0 aliphatic rings. The summed E-state index contributed by atoms with van der Waals surface area (Å²) < 4.78 is 11.7. The molecule has 1 amide bonds. The number of carbonyl (C=O) groups is 2. The van der Waals surface area contributed by atoms with Gasteiger partial charge in [0.25, 0.3) is 0 Å². The van der Waals surface area contributed by atoms with Crippen molar-refractivity contribution in [2.75, 3.05) is 31.5 Å². The third-order valence-corrected chi connectivity index (χ3v) is 4.20. The number of rotatable bonds is 9. The Kier molecular flexibility index (Phi) is 7.39. The van der Waals surface area contributed by atoms with Crippen molar-refractivity contribution in [1.29, 1.82) is 0 Å². The van der Waals surface area contributed by atoms with Crippen LogP contribution in [0.25, 0.3) is 11.0 Å². The van der Waals surface area contributed by atoms with Crippen LogP contribution in [-0.4, -0.2) is 48.3 Å². The van der Waals surface area contributed by atoms with Crippen molar-refractivity contribution >= 4 is 34.3 Å². The molecular formula is C20H30N4O4. The summed E-state index contributed by atoms with van der Waals surface area (Å²) in [7, 11) is 2.77. The highest BCUT2D eigenvalue weighted by Gasteiger charge is 2.26. The average Bonchev–Trinajstić information content (AvgIpc) is 2.92. The lowest BCUT2D eigenvalue weighted by atomic mass is 10.1. The zero-order valence-electron chi connectivity index (χ0n) is 17.5. The maximum atomic E-state index is 12.6. The third-order valence-electron chi connectivity index (χ3n) is 4.20. The Labute approximate surface area is 165 Å². The smallest absolute Gasteiger partial charge is 0.356 e. The molecule has 0 spiro atoms. The Hall–Kier alpha value is -2.61. The minimum absolute atomic E-state index is 0.114. The highest BCUT2D eigenvalue weighted by Crippen LogP contribution is 2.33. The van der Waals surface area contributed by atoms with Gasteiger partial charge >= 0.3 is 5.97 Å². The summed E-state index contributed by atoms with van der Waals surface area (Å²) in [5.41, 5.74) is 2.12. The highest BCUT2D eigenvalue weighted by atomic mass is 16.5. The average molecular weight is 390 g/mol. The van der Waals surface area contributed by atoms with Crippen LogP contribution in [0.1, 0.15) is 44.6 Å². The van der Waals surface area contributed by atoms with E-state index < -0.39 is 5.97 Å². The number of aromatic nitrogens is 2. The number of fused-ring (bicyclic) bond motifs is 1. The molecule has 0 saturated heterocycles. The number of aryl methyl sites for hydroxylation is 1. The lowest BCUT2D eigenvalue weighted by molar-refractivity contribution is -0.119. The van der Waals surface area contributed by atoms with Gasteiger partial charge in [-0.25, -0.2) is 9.78 Å². The number of esters is 1. The number of anilines is 2. The van der Waals surface area contributed by atoms with Crippen molar-refractivity contribution in [2.24, 2.45) is 5.92 Å². The molecule has 8 nitrogen and oxygen atoms in total. The fourth-order valence-electron chi connectivity index (χ4n) is 2.98. The van der Waals surface area contributed by atoms with Gasteiger partial charge in [0.2, 0.25) is 5.91 Å². The first-order valence-electron chi connectivity index (χ1n) is 9.44. The number of nitrogens with zero attached hydrogens (tertiary/aromatic N) is 2. The lowest BCUT2D eigenvalue weighted by Crippen LogP contribution is -2.20. The van der Waals surface area contributed by atoms with Crippen molar-refractivity contribution in [3.05, 3.63) is 18.0 Å². The first-order valence-corrected chi connectivity index (χ1v) is 9.44. The molecule has 0 fully saturated rings. The first-order chi connectivity index (χ1) is 13.3. The number of ether oxygens (including phenoxy) is 2. The van der Waals surface area contributed by atoms with E-state index in [9.17, 15) is 9.59 Å². The van der Waals surface area contributed by atoms with Crippen LogP contribution < -0.4 is 10.6 Å². The van der Waals surface area contributed by atoms with Crippen LogP contribution in [0.5, 0.6) is 0 Å². The zero-order chi connectivity index (χ0) is 20.8. The number of amides is 1. The van der Waals surface area contributed by atoms with E-state index in [0.717, 1.165) is 12.1 Å².